The van der Waals surface area contributed by atoms with Crippen molar-refractivity contribution < 1.29 is 40.8 Å². The van der Waals surface area contributed by atoms with Gasteiger partial charge in [0.1, 0.15) is 6.61 Å². The van der Waals surface area contributed by atoms with Gasteiger partial charge in [-0.05, 0) is 77.6 Å². The molecule has 0 saturated carbocycles. The van der Waals surface area contributed by atoms with Crippen LogP contribution in [-0.4, -0.2) is 30.2 Å². The van der Waals surface area contributed by atoms with Crippen LogP contribution in [0, 0.1) is 12.6 Å². The van der Waals surface area contributed by atoms with Crippen LogP contribution in [0.25, 0.3) is 0 Å². The molecule has 0 fully saturated rings. The molecule has 0 heterocycles. The summed E-state index contributed by atoms with van der Waals surface area (Å²) in [6.07, 6.45) is 0.498. The summed E-state index contributed by atoms with van der Waals surface area (Å²) in [5.74, 6) is -3.39. The van der Waals surface area contributed by atoms with Gasteiger partial charge >= 0.3 is 27.3 Å². The van der Waals surface area contributed by atoms with Crippen molar-refractivity contribution in [2.75, 3.05) is 0 Å². The van der Waals surface area contributed by atoms with Crippen LogP contribution in [0.1, 0.15) is 32.8 Å². The van der Waals surface area contributed by atoms with Crippen molar-refractivity contribution in [1.82, 2.24) is 0 Å². The molecule has 0 aromatic heterocycles. The number of halogens is 4. The van der Waals surface area contributed by atoms with Crippen LogP contribution in [0.4, 0.5) is 8.78 Å². The van der Waals surface area contributed by atoms with Gasteiger partial charge in [0.15, 0.2) is 5.75 Å². The molecular formula is C15H16F2I2O7S. The summed E-state index contributed by atoms with van der Waals surface area (Å²) in [6, 6.07) is 2.92. The molecule has 0 bridgehead atoms. The third-order valence-electron chi connectivity index (χ3n) is 3.64. The van der Waals surface area contributed by atoms with E-state index in [1.165, 1.54) is 12.1 Å². The summed E-state index contributed by atoms with van der Waals surface area (Å²) in [6.45, 7) is 4.75. The van der Waals surface area contributed by atoms with Crippen LogP contribution < -0.4 is 4.74 Å². The molecule has 0 atom stereocenters. The second-order valence-corrected chi connectivity index (χ2v) is 9.94. The van der Waals surface area contributed by atoms with E-state index in [2.05, 4.69) is 4.74 Å². The Hall–Kier alpha value is -0.610. The fraction of sp³-hybridized carbons (Fsp3) is 0.467. The van der Waals surface area contributed by atoms with Gasteiger partial charge in [-0.2, -0.15) is 17.2 Å². The Morgan fingerprint density at radius 3 is 2.22 bits per heavy atom. The number of benzene rings is 1. The molecule has 1 aromatic rings. The summed E-state index contributed by atoms with van der Waals surface area (Å²) in [5.41, 5.74) is -0.685. The first-order valence-electron chi connectivity index (χ1n) is 7.35. The fourth-order valence-electron chi connectivity index (χ4n) is 1.58. The van der Waals surface area contributed by atoms with Gasteiger partial charge in [-0.15, -0.1) is 0 Å². The molecule has 1 aromatic carbocycles. The topological polar surface area (TPSA) is 107 Å². The predicted octanol–water partition coefficient (Wildman–Crippen LogP) is 3.76. The Morgan fingerprint density at radius 2 is 1.74 bits per heavy atom. The normalized spacial score (nSPS) is 12.6. The van der Waals surface area contributed by atoms with E-state index in [1.54, 1.807) is 43.4 Å². The molecule has 0 radical (unpaired) electrons. The van der Waals surface area contributed by atoms with E-state index in [0.29, 0.717) is 9.99 Å². The molecule has 0 spiro atoms. The van der Waals surface area contributed by atoms with Crippen molar-refractivity contribution in [2.45, 2.75) is 39.1 Å². The van der Waals surface area contributed by atoms with Gasteiger partial charge in [-0.1, -0.05) is 6.92 Å². The first-order chi connectivity index (χ1) is 12.1. The monoisotopic (exact) mass is 632 g/mol. The van der Waals surface area contributed by atoms with Crippen LogP contribution in [0.2, 0.25) is 0 Å². The maximum absolute atomic E-state index is 13.5. The third-order valence-corrected chi connectivity index (χ3v) is 5.88. The highest BCUT2D eigenvalue weighted by Crippen LogP contribution is 2.32. The molecule has 0 amide bonds. The van der Waals surface area contributed by atoms with Crippen molar-refractivity contribution in [3.8, 4) is 5.75 Å². The Balaban J connectivity index is 3.19. The van der Waals surface area contributed by atoms with E-state index < -0.39 is 32.7 Å². The van der Waals surface area contributed by atoms with Crippen molar-refractivity contribution in [2.24, 2.45) is 5.41 Å². The zero-order valence-corrected chi connectivity index (χ0v) is 19.5. The number of hydrogen-bond donors (Lipinski definition) is 1. The molecule has 0 unspecified atom stereocenters. The van der Waals surface area contributed by atoms with E-state index >= 15 is 0 Å². The zero-order chi connectivity index (χ0) is 21.2. The van der Waals surface area contributed by atoms with E-state index in [0.717, 1.165) is 0 Å². The lowest BCUT2D eigenvalue weighted by Crippen LogP contribution is -2.40. The summed E-state index contributed by atoms with van der Waals surface area (Å²) < 4.78 is 67.4. The third kappa shape index (κ3) is 5.93. The molecule has 1 N–H and O–H groups in total. The summed E-state index contributed by atoms with van der Waals surface area (Å²) in [7, 11) is -6.00. The highest BCUT2D eigenvalue weighted by Gasteiger charge is 2.54. The summed E-state index contributed by atoms with van der Waals surface area (Å²) in [4.78, 5) is 23.7. The fourth-order valence-corrected chi connectivity index (χ4v) is 3.90. The van der Waals surface area contributed by atoms with Crippen LogP contribution in [0.3, 0.4) is 0 Å². The predicted molar refractivity (Wildman–Crippen MR) is 108 cm³/mol. The standard InChI is InChI=1S/C15H16F2I2O7S/c1-4-14(2,3)12(20)25-7-8-5-9(18)6-10(19)11(8)26-13(21)15(16,17)27(22,23)24/h5-6H,4,7H2,1-3H3,(H,22,23,24). The molecule has 0 aliphatic heterocycles. The average molecular weight is 632 g/mol. The molecule has 27 heavy (non-hydrogen) atoms. The number of rotatable bonds is 7. The molecule has 7 nitrogen and oxygen atoms in total. The van der Waals surface area contributed by atoms with E-state index in [-0.39, 0.29) is 21.5 Å². The van der Waals surface area contributed by atoms with E-state index in [9.17, 15) is 26.8 Å². The SMILES string of the molecule is CCC(C)(C)C(=O)OCc1cc(I)cc(I)c1OC(=O)C(F)(F)S(=O)(=O)O. The molecule has 0 aliphatic rings. The summed E-state index contributed by atoms with van der Waals surface area (Å²) in [5, 5.41) is -5.14. The van der Waals surface area contributed by atoms with Crippen LogP contribution in [0.5, 0.6) is 5.75 Å². The molecule has 152 valence electrons. The van der Waals surface area contributed by atoms with Crippen molar-refractivity contribution in [1.29, 1.82) is 0 Å². The van der Waals surface area contributed by atoms with Gasteiger partial charge in [-0.3, -0.25) is 9.35 Å². The molecular weight excluding hydrogens is 616 g/mol. The average Bonchev–Trinajstić information content (AvgIpc) is 2.53. The minimum absolute atomic E-state index is 0.0889. The Bertz CT molecular complexity index is 854. The lowest BCUT2D eigenvalue weighted by Gasteiger charge is -2.21. The highest BCUT2D eigenvalue weighted by molar-refractivity contribution is 14.1. The maximum Gasteiger partial charge on any atom is 0.466 e. The zero-order valence-electron chi connectivity index (χ0n) is 14.4. The number of alkyl halides is 2. The van der Waals surface area contributed by atoms with E-state index in [1.807, 2.05) is 22.6 Å². The molecule has 12 heteroatoms. The molecule has 0 saturated heterocycles. The Kier molecular flexibility index (Phi) is 7.98. The highest BCUT2D eigenvalue weighted by atomic mass is 127. The first-order valence-corrected chi connectivity index (χ1v) is 11.0. The summed E-state index contributed by atoms with van der Waals surface area (Å²) >= 11 is 3.62. The second-order valence-electron chi connectivity index (χ2n) is 6.07. The van der Waals surface area contributed by atoms with Gasteiger partial charge < -0.3 is 9.47 Å². The molecule has 1 rings (SSSR count). The van der Waals surface area contributed by atoms with Crippen LogP contribution in [0.15, 0.2) is 12.1 Å². The number of ether oxygens (including phenoxy) is 2. The van der Waals surface area contributed by atoms with Crippen molar-refractivity contribution >= 4 is 67.2 Å². The minimum atomic E-state index is -6.00. The number of carbonyl (C=O) groups is 2. The first kappa shape index (κ1) is 24.4. The van der Waals surface area contributed by atoms with Gasteiger partial charge in [0, 0.05) is 9.13 Å². The smallest absolute Gasteiger partial charge is 0.460 e. The number of hydrogen-bond acceptors (Lipinski definition) is 6. The maximum atomic E-state index is 13.5. The van der Waals surface area contributed by atoms with E-state index in [4.69, 9.17) is 9.29 Å². The molecule has 0 aliphatic carbocycles. The van der Waals surface area contributed by atoms with Crippen molar-refractivity contribution in [3.63, 3.8) is 0 Å². The Morgan fingerprint density at radius 1 is 1.19 bits per heavy atom. The Labute approximate surface area is 182 Å². The number of esters is 2. The lowest BCUT2D eigenvalue weighted by atomic mass is 9.91. The lowest BCUT2D eigenvalue weighted by molar-refractivity contribution is -0.155. The largest absolute Gasteiger partial charge is 0.466 e. The van der Waals surface area contributed by atoms with Gasteiger partial charge in [0.2, 0.25) is 0 Å². The van der Waals surface area contributed by atoms with Gasteiger partial charge in [-0.25, -0.2) is 4.79 Å². The van der Waals surface area contributed by atoms with Crippen LogP contribution >= 0.6 is 45.2 Å². The van der Waals surface area contributed by atoms with Gasteiger partial charge in [0.25, 0.3) is 0 Å². The van der Waals surface area contributed by atoms with Crippen LogP contribution in [-0.2, 0) is 31.1 Å². The minimum Gasteiger partial charge on any atom is -0.460 e. The number of carbonyl (C=O) groups excluding carboxylic acids is 2. The van der Waals surface area contributed by atoms with Gasteiger partial charge in [0.05, 0.1) is 8.99 Å². The second kappa shape index (κ2) is 8.82. The quantitative estimate of drug-likeness (QED) is 0.211. The van der Waals surface area contributed by atoms with Crippen molar-refractivity contribution in [3.05, 3.63) is 24.8 Å².